The lowest BCUT2D eigenvalue weighted by Gasteiger charge is -2.33. The van der Waals surface area contributed by atoms with E-state index in [0.717, 1.165) is 0 Å². The van der Waals surface area contributed by atoms with Crippen LogP contribution in [0.2, 0.25) is 0 Å². The molecule has 260 valence electrons. The number of rotatable bonds is 30. The Balaban J connectivity index is 5.40. The first-order chi connectivity index (χ1) is 20.5. The highest BCUT2D eigenvalue weighted by atomic mass is 35.5. The molecule has 0 spiro atoms. The van der Waals surface area contributed by atoms with Gasteiger partial charge in [-0.05, 0) is 0 Å². The Labute approximate surface area is 287 Å². The van der Waals surface area contributed by atoms with Gasteiger partial charge in [0.1, 0.15) is 0 Å². The van der Waals surface area contributed by atoms with Crippen LogP contribution in [0.25, 0.3) is 0 Å². The largest absolute Gasteiger partial charge is 0.391 e. The highest BCUT2D eigenvalue weighted by Gasteiger charge is 2.20. The van der Waals surface area contributed by atoms with Gasteiger partial charge < -0.3 is 36.0 Å². The van der Waals surface area contributed by atoms with Gasteiger partial charge in [0.25, 0.3) is 0 Å². The third-order valence-corrected chi connectivity index (χ3v) is 8.73. The maximum atomic E-state index is 10.3. The van der Waals surface area contributed by atoms with Gasteiger partial charge in [-0.2, -0.15) is 0 Å². The van der Waals surface area contributed by atoms with E-state index < -0.39 is 36.6 Å². The van der Waals surface area contributed by atoms with Crippen LogP contribution in [0.5, 0.6) is 0 Å². The van der Waals surface area contributed by atoms with E-state index >= 15 is 0 Å². The van der Waals surface area contributed by atoms with Gasteiger partial charge >= 0.3 is 0 Å². The lowest BCUT2D eigenvalue weighted by atomic mass is 10.2. The highest BCUT2D eigenvalue weighted by molar-refractivity contribution is 6.19. The van der Waals surface area contributed by atoms with Crippen LogP contribution in [0.4, 0.5) is 0 Å². The van der Waals surface area contributed by atoms with Crippen LogP contribution in [0.1, 0.15) is 0 Å². The van der Waals surface area contributed by atoms with Crippen LogP contribution in [0.3, 0.4) is 0 Å². The summed E-state index contributed by atoms with van der Waals surface area (Å²) < 4.78 is 0. The molecule has 0 aliphatic carbocycles. The van der Waals surface area contributed by atoms with Crippen LogP contribution in [0, 0.1) is 0 Å². The molecule has 0 fully saturated rings. The van der Waals surface area contributed by atoms with Crippen molar-refractivity contribution in [3.63, 3.8) is 0 Å². The topological polar surface area (TPSA) is 146 Å². The fourth-order valence-corrected chi connectivity index (χ4v) is 4.88. The fourth-order valence-electron chi connectivity index (χ4n) is 4.28. The fraction of sp³-hybridized carbons (Fsp3) is 1.00. The van der Waals surface area contributed by atoms with Crippen molar-refractivity contribution in [1.82, 2.24) is 24.9 Å². The molecule has 7 N–H and O–H groups in total. The molecular formula is C26H53Cl6N5O6. The molecule has 0 aromatic rings. The zero-order valence-electron chi connectivity index (χ0n) is 24.8. The van der Waals surface area contributed by atoms with E-state index in [-0.39, 0.29) is 48.4 Å². The number of halogens is 6. The van der Waals surface area contributed by atoms with Gasteiger partial charge in [0, 0.05) is 127 Å². The second-order valence-electron chi connectivity index (χ2n) is 10.7. The summed E-state index contributed by atoms with van der Waals surface area (Å²) in [6.45, 7) is 6.29. The summed E-state index contributed by atoms with van der Waals surface area (Å²) in [7, 11) is 0. The Hall–Kier alpha value is 1.30. The van der Waals surface area contributed by atoms with Gasteiger partial charge in [-0.1, -0.05) is 0 Å². The van der Waals surface area contributed by atoms with Crippen molar-refractivity contribution in [2.24, 2.45) is 0 Å². The van der Waals surface area contributed by atoms with Crippen LogP contribution in [-0.2, 0) is 0 Å². The lowest BCUT2D eigenvalue weighted by molar-refractivity contribution is 0.0628. The predicted octanol–water partition coefficient (Wildman–Crippen LogP) is -0.618. The normalized spacial score (nSPS) is 16.7. The van der Waals surface area contributed by atoms with E-state index in [4.69, 9.17) is 69.6 Å². The molecule has 0 saturated carbocycles. The molecule has 11 nitrogen and oxygen atoms in total. The standard InChI is InChI=1S/C26H53Cl6N5O6/c27-9-21(38)15-33-1-2-34(16-22(39)10-28)3-4-35(17-23(40)11-29)5-6-36(18-24(41)12-30)7-8-37(19-25(42)13-31)20-26(43)14-32/h21-26,33,38-43H,1-20H2. The van der Waals surface area contributed by atoms with E-state index in [1.165, 1.54) is 0 Å². The second-order valence-corrected chi connectivity index (χ2v) is 12.6. The van der Waals surface area contributed by atoms with E-state index in [1.54, 1.807) is 0 Å². The summed E-state index contributed by atoms with van der Waals surface area (Å²) in [4.78, 5) is 8.06. The Morgan fingerprint density at radius 1 is 0.372 bits per heavy atom. The van der Waals surface area contributed by atoms with Gasteiger partial charge in [-0.15, -0.1) is 69.6 Å². The first-order valence-electron chi connectivity index (χ1n) is 14.6. The van der Waals surface area contributed by atoms with Crippen molar-refractivity contribution < 1.29 is 30.6 Å². The minimum atomic E-state index is -0.764. The maximum absolute atomic E-state index is 10.3. The molecular weight excluding hydrogens is 691 g/mol. The Bertz CT molecular complexity index is 635. The molecule has 17 heteroatoms. The number of aliphatic hydroxyl groups is 6. The summed E-state index contributed by atoms with van der Waals surface area (Å²) >= 11 is 34.9. The molecule has 0 amide bonds. The van der Waals surface area contributed by atoms with Crippen molar-refractivity contribution in [3.8, 4) is 0 Å². The van der Waals surface area contributed by atoms with Gasteiger partial charge in [-0.3, -0.25) is 19.6 Å². The highest BCUT2D eigenvalue weighted by Crippen LogP contribution is 2.05. The summed E-state index contributed by atoms with van der Waals surface area (Å²) in [6, 6.07) is 0. The number of nitrogens with one attached hydrogen (secondary N) is 1. The number of alkyl halides is 6. The molecule has 0 heterocycles. The van der Waals surface area contributed by atoms with Gasteiger partial charge in [-0.25, -0.2) is 0 Å². The molecule has 43 heavy (non-hydrogen) atoms. The average Bonchev–Trinajstić information content (AvgIpc) is 3.01. The average molecular weight is 744 g/mol. The molecule has 6 atom stereocenters. The first kappa shape index (κ1) is 44.3. The van der Waals surface area contributed by atoms with Crippen molar-refractivity contribution in [2.45, 2.75) is 36.6 Å². The van der Waals surface area contributed by atoms with Crippen LogP contribution in [0.15, 0.2) is 0 Å². The molecule has 6 unspecified atom stereocenters. The Kier molecular flexibility index (Phi) is 29.2. The summed E-state index contributed by atoms with van der Waals surface area (Å²) in [5.74, 6) is 0.504. The van der Waals surface area contributed by atoms with Gasteiger partial charge in [0.15, 0.2) is 0 Å². The molecule has 0 bridgehead atoms. The molecule has 0 saturated heterocycles. The Morgan fingerprint density at radius 2 is 0.628 bits per heavy atom. The third-order valence-electron chi connectivity index (χ3n) is 6.60. The molecule has 0 aliphatic rings. The van der Waals surface area contributed by atoms with E-state index in [2.05, 4.69) is 15.1 Å². The third kappa shape index (κ3) is 24.2. The van der Waals surface area contributed by atoms with Crippen molar-refractivity contribution in [1.29, 1.82) is 0 Å². The number of aliphatic hydroxyl groups excluding tert-OH is 6. The number of nitrogens with zero attached hydrogens (tertiary/aromatic N) is 4. The molecule has 0 aliphatic heterocycles. The molecule has 0 aromatic heterocycles. The summed E-state index contributed by atoms with van der Waals surface area (Å²) in [6.07, 6.45) is -4.37. The van der Waals surface area contributed by atoms with Crippen LogP contribution < -0.4 is 5.32 Å². The Morgan fingerprint density at radius 3 is 0.930 bits per heavy atom. The first-order valence-corrected chi connectivity index (χ1v) is 17.8. The van der Waals surface area contributed by atoms with E-state index in [1.807, 2.05) is 9.80 Å². The van der Waals surface area contributed by atoms with Crippen molar-refractivity contribution in [3.05, 3.63) is 0 Å². The zero-order valence-corrected chi connectivity index (χ0v) is 29.4. The quantitative estimate of drug-likeness (QED) is 0.0374. The van der Waals surface area contributed by atoms with Gasteiger partial charge in [0.2, 0.25) is 0 Å². The van der Waals surface area contributed by atoms with E-state index in [9.17, 15) is 30.6 Å². The van der Waals surface area contributed by atoms with Crippen molar-refractivity contribution >= 4 is 69.6 Å². The SMILES string of the molecule is OC(CCl)CNCCN(CCN(CCN(CCN(CC(O)CCl)CC(O)CCl)CC(O)CCl)CC(O)CCl)CC(O)CCl. The summed E-state index contributed by atoms with van der Waals surface area (Å²) in [5.41, 5.74) is 0. The molecule has 0 aromatic carbocycles. The van der Waals surface area contributed by atoms with Crippen LogP contribution >= 0.6 is 69.6 Å². The maximum Gasteiger partial charge on any atom is 0.0802 e. The smallest absolute Gasteiger partial charge is 0.0802 e. The number of hydrogen-bond donors (Lipinski definition) is 7. The minimum Gasteiger partial charge on any atom is -0.391 e. The summed E-state index contributed by atoms with van der Waals surface area (Å²) in [5, 5.41) is 63.8. The predicted molar refractivity (Wildman–Crippen MR) is 179 cm³/mol. The minimum absolute atomic E-state index is 0.0599. The molecule has 0 rings (SSSR count). The van der Waals surface area contributed by atoms with E-state index in [0.29, 0.717) is 78.5 Å². The number of hydrogen-bond acceptors (Lipinski definition) is 11. The second kappa shape index (κ2) is 28.3. The van der Waals surface area contributed by atoms with Crippen LogP contribution in [-0.4, -0.2) is 214 Å². The van der Waals surface area contributed by atoms with Gasteiger partial charge in [0.05, 0.1) is 36.6 Å². The monoisotopic (exact) mass is 741 g/mol. The molecule has 0 radical (unpaired) electrons. The lowest BCUT2D eigenvalue weighted by Crippen LogP contribution is -2.48. The van der Waals surface area contributed by atoms with Crippen molar-refractivity contribution in [2.75, 3.05) is 127 Å². The zero-order chi connectivity index (χ0) is 32.6.